The molecule has 0 radical (unpaired) electrons. The Labute approximate surface area is 194 Å². The van der Waals surface area contributed by atoms with Crippen LogP contribution in [0.4, 0.5) is 5.69 Å². The summed E-state index contributed by atoms with van der Waals surface area (Å²) in [5, 5.41) is 9.77. The van der Waals surface area contributed by atoms with E-state index in [9.17, 15) is 18.3 Å². The zero-order valence-electron chi connectivity index (χ0n) is 18.6. The first-order chi connectivity index (χ1) is 15.1. The van der Waals surface area contributed by atoms with Gasteiger partial charge in [-0.05, 0) is 61.4 Å². The Balaban J connectivity index is 1.89. The SMILES string of the molecule is CC(C)CC1CN(C2CCC2)c2cc(Cl)c(-c3cccc(C(=O)O)c3)cc2S(=O)(=O)N1C. The normalized spacial score (nSPS) is 21.2. The molecule has 1 aliphatic heterocycles. The van der Waals surface area contributed by atoms with Crippen LogP contribution in [0.2, 0.25) is 5.02 Å². The van der Waals surface area contributed by atoms with Crippen molar-refractivity contribution < 1.29 is 18.3 Å². The van der Waals surface area contributed by atoms with Gasteiger partial charge in [-0.15, -0.1) is 0 Å². The van der Waals surface area contributed by atoms with Gasteiger partial charge in [-0.1, -0.05) is 37.6 Å². The van der Waals surface area contributed by atoms with Crippen LogP contribution in [0, 0.1) is 5.92 Å². The molecule has 32 heavy (non-hydrogen) atoms. The van der Waals surface area contributed by atoms with Crippen molar-refractivity contribution in [1.82, 2.24) is 4.31 Å². The third kappa shape index (κ3) is 4.14. The lowest BCUT2D eigenvalue weighted by Crippen LogP contribution is -2.47. The first kappa shape index (κ1) is 23.1. The maximum Gasteiger partial charge on any atom is 0.335 e. The van der Waals surface area contributed by atoms with E-state index in [1.165, 1.54) is 16.4 Å². The lowest BCUT2D eigenvalue weighted by atomic mass is 9.90. The van der Waals surface area contributed by atoms with E-state index in [-0.39, 0.29) is 16.5 Å². The van der Waals surface area contributed by atoms with Gasteiger partial charge in [-0.2, -0.15) is 4.31 Å². The molecule has 1 heterocycles. The lowest BCUT2D eigenvalue weighted by molar-refractivity contribution is 0.0697. The van der Waals surface area contributed by atoms with Gasteiger partial charge in [0.1, 0.15) is 4.90 Å². The number of fused-ring (bicyclic) bond motifs is 1. The van der Waals surface area contributed by atoms with Crippen molar-refractivity contribution in [3.8, 4) is 11.1 Å². The zero-order valence-corrected chi connectivity index (χ0v) is 20.2. The highest BCUT2D eigenvalue weighted by Gasteiger charge is 2.40. The van der Waals surface area contributed by atoms with Crippen molar-refractivity contribution in [2.24, 2.45) is 5.92 Å². The number of carboxylic acid groups (broad SMARTS) is 1. The molecule has 0 spiro atoms. The van der Waals surface area contributed by atoms with Gasteiger partial charge in [0, 0.05) is 31.2 Å². The molecule has 0 bridgehead atoms. The predicted octanol–water partition coefficient (Wildman–Crippen LogP) is 5.11. The molecule has 1 N–H and O–H groups in total. The molecule has 6 nitrogen and oxygen atoms in total. The van der Waals surface area contributed by atoms with Crippen molar-refractivity contribution >= 4 is 33.3 Å². The molecule has 1 unspecified atom stereocenters. The third-order valence-corrected chi connectivity index (χ3v) is 8.87. The molecule has 1 fully saturated rings. The summed E-state index contributed by atoms with van der Waals surface area (Å²) in [5.41, 5.74) is 1.87. The van der Waals surface area contributed by atoms with Crippen molar-refractivity contribution in [1.29, 1.82) is 0 Å². The van der Waals surface area contributed by atoms with Crippen LogP contribution >= 0.6 is 11.6 Å². The number of aromatic carboxylic acids is 1. The highest BCUT2D eigenvalue weighted by molar-refractivity contribution is 7.89. The van der Waals surface area contributed by atoms with Crippen LogP contribution in [0.25, 0.3) is 11.1 Å². The average molecular weight is 477 g/mol. The summed E-state index contributed by atoms with van der Waals surface area (Å²) in [6, 6.07) is 9.96. The number of halogens is 1. The van der Waals surface area contributed by atoms with E-state index in [2.05, 4.69) is 18.7 Å². The van der Waals surface area contributed by atoms with Gasteiger partial charge in [-0.3, -0.25) is 0 Å². The predicted molar refractivity (Wildman–Crippen MR) is 127 cm³/mol. The van der Waals surface area contributed by atoms with Gasteiger partial charge in [0.25, 0.3) is 0 Å². The molecular weight excluding hydrogens is 448 g/mol. The summed E-state index contributed by atoms with van der Waals surface area (Å²) < 4.78 is 29.0. The van der Waals surface area contributed by atoms with Gasteiger partial charge >= 0.3 is 5.97 Å². The number of benzene rings is 2. The van der Waals surface area contributed by atoms with Gasteiger partial charge in [0.2, 0.25) is 10.0 Å². The summed E-state index contributed by atoms with van der Waals surface area (Å²) in [5.74, 6) is -0.683. The van der Waals surface area contributed by atoms with Gasteiger partial charge < -0.3 is 10.0 Å². The number of hydrogen-bond donors (Lipinski definition) is 1. The smallest absolute Gasteiger partial charge is 0.335 e. The molecule has 1 saturated carbocycles. The first-order valence-electron chi connectivity index (χ1n) is 11.0. The van der Waals surface area contributed by atoms with Crippen LogP contribution in [0.15, 0.2) is 41.3 Å². The molecule has 1 atom stereocenters. The summed E-state index contributed by atoms with van der Waals surface area (Å²) >= 11 is 6.68. The number of likely N-dealkylation sites (N-methyl/N-ethyl adjacent to an activating group) is 1. The minimum absolute atomic E-state index is 0.126. The average Bonchev–Trinajstić information content (AvgIpc) is 2.76. The second-order valence-corrected chi connectivity index (χ2v) is 11.6. The molecule has 172 valence electrons. The zero-order chi connectivity index (χ0) is 23.2. The van der Waals surface area contributed by atoms with Gasteiger partial charge in [0.15, 0.2) is 0 Å². The van der Waals surface area contributed by atoms with Crippen LogP contribution in [-0.2, 0) is 10.0 Å². The van der Waals surface area contributed by atoms with Gasteiger partial charge in [0.05, 0.1) is 16.3 Å². The Kier molecular flexibility index (Phi) is 6.27. The molecule has 2 aromatic carbocycles. The lowest BCUT2D eigenvalue weighted by Gasteiger charge is -2.41. The molecular formula is C24H29ClN2O4S. The Morgan fingerprint density at radius 3 is 2.53 bits per heavy atom. The number of carboxylic acids is 1. The highest BCUT2D eigenvalue weighted by atomic mass is 35.5. The summed E-state index contributed by atoms with van der Waals surface area (Å²) in [6.07, 6.45) is 3.99. The van der Waals surface area contributed by atoms with Crippen LogP contribution in [0.1, 0.15) is 49.9 Å². The third-order valence-electron chi connectivity index (χ3n) is 6.62. The van der Waals surface area contributed by atoms with Gasteiger partial charge in [-0.25, -0.2) is 13.2 Å². The number of rotatable bonds is 5. The van der Waals surface area contributed by atoms with E-state index >= 15 is 0 Å². The van der Waals surface area contributed by atoms with Crippen LogP contribution < -0.4 is 4.90 Å². The molecule has 2 aliphatic rings. The fraction of sp³-hybridized carbons (Fsp3) is 0.458. The Hall–Kier alpha value is -2.09. The summed E-state index contributed by atoms with van der Waals surface area (Å²) in [4.78, 5) is 13.9. The number of anilines is 1. The van der Waals surface area contributed by atoms with E-state index in [1.54, 1.807) is 31.3 Å². The highest BCUT2D eigenvalue weighted by Crippen LogP contribution is 2.43. The largest absolute Gasteiger partial charge is 0.478 e. The fourth-order valence-corrected chi connectivity index (χ4v) is 6.45. The molecule has 4 rings (SSSR count). The molecule has 1 aliphatic carbocycles. The molecule has 2 aromatic rings. The number of hydrogen-bond acceptors (Lipinski definition) is 4. The first-order valence-corrected chi connectivity index (χ1v) is 12.8. The maximum atomic E-state index is 13.7. The minimum atomic E-state index is -3.76. The van der Waals surface area contributed by atoms with Crippen molar-refractivity contribution in [2.45, 2.75) is 56.5 Å². The number of nitrogens with zero attached hydrogens (tertiary/aromatic N) is 2. The van der Waals surface area contributed by atoms with E-state index in [4.69, 9.17) is 11.6 Å². The topological polar surface area (TPSA) is 77.9 Å². The van der Waals surface area contributed by atoms with Crippen LogP contribution in [-0.4, -0.2) is 49.5 Å². The Morgan fingerprint density at radius 1 is 1.22 bits per heavy atom. The van der Waals surface area contributed by atoms with Crippen molar-refractivity contribution in [2.75, 3.05) is 18.5 Å². The molecule has 0 aromatic heterocycles. The molecule has 8 heteroatoms. The Bertz CT molecular complexity index is 1140. The Morgan fingerprint density at radius 2 is 1.94 bits per heavy atom. The van der Waals surface area contributed by atoms with Crippen molar-refractivity contribution in [3.05, 3.63) is 47.0 Å². The van der Waals surface area contributed by atoms with E-state index in [0.717, 1.165) is 25.7 Å². The van der Waals surface area contributed by atoms with E-state index in [0.29, 0.717) is 40.3 Å². The fourth-order valence-electron chi connectivity index (χ4n) is 4.62. The minimum Gasteiger partial charge on any atom is -0.478 e. The van der Waals surface area contributed by atoms with Crippen LogP contribution in [0.3, 0.4) is 0 Å². The maximum absolute atomic E-state index is 13.7. The second kappa shape index (κ2) is 8.69. The summed E-state index contributed by atoms with van der Waals surface area (Å²) in [7, 11) is -2.10. The van der Waals surface area contributed by atoms with E-state index in [1.807, 2.05) is 0 Å². The molecule has 0 amide bonds. The monoisotopic (exact) mass is 476 g/mol. The van der Waals surface area contributed by atoms with Crippen molar-refractivity contribution in [3.63, 3.8) is 0 Å². The quantitative estimate of drug-likeness (QED) is 0.648. The molecule has 0 saturated heterocycles. The van der Waals surface area contributed by atoms with Crippen LogP contribution in [0.5, 0.6) is 0 Å². The number of sulfonamides is 1. The van der Waals surface area contributed by atoms with E-state index < -0.39 is 16.0 Å². The second-order valence-electron chi connectivity index (χ2n) is 9.23. The summed E-state index contributed by atoms with van der Waals surface area (Å²) in [6.45, 7) is 4.85. The standard InChI is InChI=1S/C24H29ClN2O4S/c1-15(2)10-19-14-27(18-8-5-9-18)22-13-21(25)20(12-23(22)32(30,31)26(19)3)16-6-4-7-17(11-16)24(28)29/h4,6-7,11-13,15,18-19H,5,8-10,14H2,1-3H3,(H,28,29). The number of carbonyl (C=O) groups is 1.